The van der Waals surface area contributed by atoms with Gasteiger partial charge >= 0.3 is 0 Å². The van der Waals surface area contributed by atoms with Crippen LogP contribution in [0, 0.1) is 13.8 Å². The highest BCUT2D eigenvalue weighted by Crippen LogP contribution is 2.22. The van der Waals surface area contributed by atoms with Gasteiger partial charge in [-0.1, -0.05) is 26.0 Å². The summed E-state index contributed by atoms with van der Waals surface area (Å²) in [6.45, 7) is 7.44. The summed E-state index contributed by atoms with van der Waals surface area (Å²) in [5, 5.41) is 7.04. The molecule has 0 aliphatic rings. The van der Waals surface area contributed by atoms with Crippen LogP contribution >= 0.6 is 0 Å². The van der Waals surface area contributed by atoms with Gasteiger partial charge in [0.25, 0.3) is 0 Å². The number of benzene rings is 1. The van der Waals surface area contributed by atoms with Crippen LogP contribution < -0.4 is 5.32 Å². The minimum Gasteiger partial charge on any atom is -0.324 e. The molecule has 1 aromatic carbocycles. The number of amides is 1. The highest BCUT2D eigenvalue weighted by Gasteiger charge is 2.27. The molecular weight excluding hydrogens is 352 g/mol. The molecule has 1 amide bonds. The lowest BCUT2D eigenvalue weighted by Gasteiger charge is -2.12. The Morgan fingerprint density at radius 2 is 1.77 bits per heavy atom. The number of carbonyl (C=O) groups excluding carboxylic acids is 1. The van der Waals surface area contributed by atoms with Gasteiger partial charge in [0.1, 0.15) is 11.4 Å². The molecule has 0 saturated heterocycles. The number of rotatable bonds is 6. The third kappa shape index (κ3) is 4.13. The minimum atomic E-state index is -3.61. The Bertz CT molecular complexity index is 897. The van der Waals surface area contributed by atoms with Gasteiger partial charge in [0.05, 0.1) is 11.4 Å². The first-order valence-electron chi connectivity index (χ1n) is 8.40. The fourth-order valence-electron chi connectivity index (χ4n) is 2.68. The maximum Gasteiger partial charge on any atom is 0.246 e. The molecule has 2 aromatic rings. The van der Waals surface area contributed by atoms with E-state index < -0.39 is 10.0 Å². The van der Waals surface area contributed by atoms with Crippen molar-refractivity contribution in [3.05, 3.63) is 41.2 Å². The van der Waals surface area contributed by atoms with Crippen LogP contribution in [0.15, 0.2) is 29.2 Å². The van der Waals surface area contributed by atoms with Crippen LogP contribution in [0.4, 0.5) is 5.69 Å². The van der Waals surface area contributed by atoms with Crippen molar-refractivity contribution in [1.82, 2.24) is 14.1 Å². The molecule has 0 radical (unpaired) electrons. The number of aryl methyl sites for hydroxylation is 1. The van der Waals surface area contributed by atoms with E-state index >= 15 is 0 Å². The van der Waals surface area contributed by atoms with Crippen LogP contribution in [0.25, 0.3) is 0 Å². The van der Waals surface area contributed by atoms with Crippen LogP contribution in [0.1, 0.15) is 36.7 Å². The van der Waals surface area contributed by atoms with E-state index in [1.54, 1.807) is 13.8 Å². The molecule has 0 saturated carbocycles. The van der Waals surface area contributed by atoms with Crippen molar-refractivity contribution < 1.29 is 13.2 Å². The number of sulfonamides is 1. The van der Waals surface area contributed by atoms with Crippen LogP contribution in [0.5, 0.6) is 0 Å². The highest BCUT2D eigenvalue weighted by atomic mass is 32.2. The van der Waals surface area contributed by atoms with Gasteiger partial charge in [-0.15, -0.1) is 0 Å². The molecule has 0 fully saturated rings. The number of carbonyl (C=O) groups is 1. The Kier molecular flexibility index (Phi) is 5.87. The Hall–Kier alpha value is -2.19. The molecule has 1 N–H and O–H groups in total. The van der Waals surface area contributed by atoms with E-state index in [4.69, 9.17) is 0 Å². The lowest BCUT2D eigenvalue weighted by Crippen LogP contribution is -2.24. The maximum atomic E-state index is 12.4. The Morgan fingerprint density at radius 1 is 1.19 bits per heavy atom. The lowest BCUT2D eigenvalue weighted by molar-refractivity contribution is -0.116. The van der Waals surface area contributed by atoms with Gasteiger partial charge in [-0.25, -0.2) is 12.7 Å². The van der Waals surface area contributed by atoms with E-state index in [-0.39, 0.29) is 17.3 Å². The van der Waals surface area contributed by atoms with E-state index in [9.17, 15) is 13.2 Å². The molecule has 0 bridgehead atoms. The van der Waals surface area contributed by atoms with Gasteiger partial charge < -0.3 is 5.32 Å². The number of nitrogens with zero attached hydrogens (tertiary/aromatic N) is 3. The van der Waals surface area contributed by atoms with E-state index in [0.29, 0.717) is 23.0 Å². The molecular formula is C18H26N4O3S. The first kappa shape index (κ1) is 20.1. The normalized spacial score (nSPS) is 12.0. The summed E-state index contributed by atoms with van der Waals surface area (Å²) >= 11 is 0. The number of aromatic nitrogens is 2. The molecule has 142 valence electrons. The van der Waals surface area contributed by atoms with Crippen LogP contribution in [0.3, 0.4) is 0 Å². The number of anilines is 1. The van der Waals surface area contributed by atoms with E-state index in [1.165, 1.54) is 24.3 Å². The summed E-state index contributed by atoms with van der Waals surface area (Å²) in [5.41, 5.74) is 2.72. The maximum absolute atomic E-state index is 12.4. The van der Waals surface area contributed by atoms with Crippen LogP contribution in [0.2, 0.25) is 0 Å². The predicted molar refractivity (Wildman–Crippen MR) is 102 cm³/mol. The first-order chi connectivity index (χ1) is 12.0. The summed E-state index contributed by atoms with van der Waals surface area (Å²) in [5.74, 6) is 0.160. The second-order valence-corrected chi connectivity index (χ2v) is 8.86. The molecule has 8 heteroatoms. The molecule has 0 aliphatic carbocycles. The van der Waals surface area contributed by atoms with Gasteiger partial charge in [0.15, 0.2) is 0 Å². The van der Waals surface area contributed by atoms with Gasteiger partial charge in [-0.3, -0.25) is 9.48 Å². The van der Waals surface area contributed by atoms with E-state index in [0.717, 1.165) is 4.31 Å². The zero-order chi connectivity index (χ0) is 19.6. The van der Waals surface area contributed by atoms with Crippen molar-refractivity contribution in [2.24, 2.45) is 0 Å². The standard InChI is InChI=1S/C18H26N4O3S/c1-12(2)15-7-9-16(10-8-15)19-17(23)11-22-14(4)18(13(3)20-22)26(24,25)21(5)6/h7-10,12H,11H2,1-6H3,(H,19,23). The zero-order valence-electron chi connectivity index (χ0n) is 16.1. The average molecular weight is 378 g/mol. The second-order valence-electron chi connectivity index (χ2n) is 6.77. The van der Waals surface area contributed by atoms with Gasteiger partial charge in [0, 0.05) is 19.8 Å². The average Bonchev–Trinajstić information content (AvgIpc) is 2.81. The largest absolute Gasteiger partial charge is 0.324 e. The predicted octanol–water partition coefficient (Wildman–Crippen LogP) is 2.51. The fraction of sp³-hybridized carbons (Fsp3) is 0.444. The molecule has 26 heavy (non-hydrogen) atoms. The van der Waals surface area contributed by atoms with Gasteiger partial charge in [-0.2, -0.15) is 5.10 Å². The molecule has 0 aliphatic heterocycles. The first-order valence-corrected chi connectivity index (χ1v) is 9.84. The van der Waals surface area contributed by atoms with Crippen LogP contribution in [-0.2, 0) is 21.4 Å². The van der Waals surface area contributed by atoms with Crippen molar-refractivity contribution in [2.75, 3.05) is 19.4 Å². The van der Waals surface area contributed by atoms with Crippen molar-refractivity contribution in [3.63, 3.8) is 0 Å². The van der Waals surface area contributed by atoms with Crippen molar-refractivity contribution in [1.29, 1.82) is 0 Å². The van der Waals surface area contributed by atoms with E-state index in [2.05, 4.69) is 24.3 Å². The fourth-order valence-corrected chi connectivity index (χ4v) is 3.94. The molecule has 0 spiro atoms. The van der Waals surface area contributed by atoms with Crippen LogP contribution in [-0.4, -0.2) is 42.5 Å². The Labute approximate surface area is 155 Å². The third-order valence-corrected chi connectivity index (χ3v) is 6.28. The molecule has 7 nitrogen and oxygen atoms in total. The summed E-state index contributed by atoms with van der Waals surface area (Å²) in [6, 6.07) is 7.67. The summed E-state index contributed by atoms with van der Waals surface area (Å²) < 4.78 is 27.4. The minimum absolute atomic E-state index is 0.0540. The Morgan fingerprint density at radius 3 is 2.27 bits per heavy atom. The lowest BCUT2D eigenvalue weighted by atomic mass is 10.0. The molecule has 0 unspecified atom stereocenters. The van der Waals surface area contributed by atoms with Gasteiger partial charge in [0.2, 0.25) is 15.9 Å². The van der Waals surface area contributed by atoms with Gasteiger partial charge in [-0.05, 0) is 37.5 Å². The third-order valence-electron chi connectivity index (χ3n) is 4.21. The molecule has 1 aromatic heterocycles. The van der Waals surface area contributed by atoms with Crippen molar-refractivity contribution >= 4 is 21.6 Å². The quantitative estimate of drug-likeness (QED) is 0.837. The zero-order valence-corrected chi connectivity index (χ0v) is 16.9. The summed E-state index contributed by atoms with van der Waals surface area (Å²) in [7, 11) is -0.664. The smallest absolute Gasteiger partial charge is 0.246 e. The highest BCUT2D eigenvalue weighted by molar-refractivity contribution is 7.89. The summed E-state index contributed by atoms with van der Waals surface area (Å²) in [4.78, 5) is 12.5. The molecule has 2 rings (SSSR count). The molecule has 0 atom stereocenters. The second kappa shape index (κ2) is 7.59. The number of hydrogen-bond acceptors (Lipinski definition) is 4. The van der Waals surface area contributed by atoms with Crippen molar-refractivity contribution in [2.45, 2.75) is 45.1 Å². The summed E-state index contributed by atoms with van der Waals surface area (Å²) in [6.07, 6.45) is 0. The Balaban J connectivity index is 2.17. The van der Waals surface area contributed by atoms with Crippen molar-refractivity contribution in [3.8, 4) is 0 Å². The number of hydrogen-bond donors (Lipinski definition) is 1. The monoisotopic (exact) mass is 378 g/mol. The topological polar surface area (TPSA) is 84.3 Å². The number of nitrogens with one attached hydrogen (secondary N) is 1. The molecule has 1 heterocycles. The SMILES string of the molecule is Cc1nn(CC(=O)Nc2ccc(C(C)C)cc2)c(C)c1S(=O)(=O)N(C)C. The van der Waals surface area contributed by atoms with E-state index in [1.807, 2.05) is 24.3 Å².